The molecule has 2 rings (SSSR count). The number of hydrogen-bond acceptors (Lipinski definition) is 3. The van der Waals surface area contributed by atoms with Gasteiger partial charge in [0, 0.05) is 9.92 Å². The van der Waals surface area contributed by atoms with E-state index in [9.17, 15) is 4.79 Å². The lowest BCUT2D eigenvalue weighted by Crippen LogP contribution is -1.99. The minimum absolute atomic E-state index is 0.0185. The van der Waals surface area contributed by atoms with Crippen LogP contribution in [0.3, 0.4) is 0 Å². The van der Waals surface area contributed by atoms with Crippen LogP contribution in [0.25, 0.3) is 0 Å². The molecule has 1 aromatic heterocycles. The summed E-state index contributed by atoms with van der Waals surface area (Å²) in [5.74, 6) is 0.734. The largest absolute Gasteiger partial charge is 0.461 e. The molecule has 82 valence electrons. The smallest absolute Gasteiger partial charge is 0.208 e. The first-order chi connectivity index (χ1) is 7.75. The molecule has 16 heavy (non-hydrogen) atoms. The molecule has 2 nitrogen and oxygen atoms in total. The van der Waals surface area contributed by atoms with Crippen molar-refractivity contribution in [3.8, 4) is 0 Å². The summed E-state index contributed by atoms with van der Waals surface area (Å²) in [7, 11) is 0. The summed E-state index contributed by atoms with van der Waals surface area (Å²) in [5, 5.41) is 0.676. The maximum Gasteiger partial charge on any atom is 0.208 e. The van der Waals surface area contributed by atoms with Crippen LogP contribution in [0.4, 0.5) is 0 Å². The zero-order valence-electron chi connectivity index (χ0n) is 8.35. The number of carbonyl (C=O) groups is 1. The topological polar surface area (TPSA) is 30.2 Å². The van der Waals surface area contributed by atoms with Gasteiger partial charge in [0.15, 0.2) is 5.76 Å². The number of ketones is 1. The normalized spacial score (nSPS) is 10.3. The minimum Gasteiger partial charge on any atom is -0.461 e. The van der Waals surface area contributed by atoms with Gasteiger partial charge in [-0.05, 0) is 30.3 Å². The van der Waals surface area contributed by atoms with E-state index in [1.54, 1.807) is 18.2 Å². The standard InChI is InChI=1S/C12H9ClO2S/c13-9-3-1-4-10(7-9)16-8-11(14)12-5-2-6-15-12/h1-7H,8H2. The highest BCUT2D eigenvalue weighted by atomic mass is 35.5. The van der Waals surface area contributed by atoms with E-state index in [1.807, 2.05) is 18.2 Å². The molecule has 0 atom stereocenters. The number of Topliss-reactive ketones (excluding diaryl/α,β-unsaturated/α-hetero) is 1. The van der Waals surface area contributed by atoms with Crippen LogP contribution in [0.2, 0.25) is 5.02 Å². The highest BCUT2D eigenvalue weighted by Crippen LogP contribution is 2.22. The minimum atomic E-state index is -0.0185. The van der Waals surface area contributed by atoms with E-state index in [0.29, 0.717) is 16.5 Å². The van der Waals surface area contributed by atoms with Crippen molar-refractivity contribution in [2.24, 2.45) is 0 Å². The number of hydrogen-bond donors (Lipinski definition) is 0. The predicted octanol–water partition coefficient (Wildman–Crippen LogP) is 3.91. The molecule has 0 saturated carbocycles. The molecule has 2 aromatic rings. The van der Waals surface area contributed by atoms with Gasteiger partial charge in [0.2, 0.25) is 5.78 Å². The Morgan fingerprint density at radius 1 is 1.31 bits per heavy atom. The first kappa shape index (κ1) is 11.3. The summed E-state index contributed by atoms with van der Waals surface area (Å²) in [5.41, 5.74) is 0. The van der Waals surface area contributed by atoms with E-state index in [0.717, 1.165) is 4.90 Å². The average molecular weight is 253 g/mol. The quantitative estimate of drug-likeness (QED) is 0.611. The Kier molecular flexibility index (Phi) is 3.70. The van der Waals surface area contributed by atoms with Gasteiger partial charge in [-0.25, -0.2) is 0 Å². The van der Waals surface area contributed by atoms with Crippen molar-refractivity contribution >= 4 is 29.1 Å². The number of thioether (sulfide) groups is 1. The van der Waals surface area contributed by atoms with Crippen LogP contribution in [0, 0.1) is 0 Å². The summed E-state index contributed by atoms with van der Waals surface area (Å²) in [6.07, 6.45) is 1.50. The first-order valence-electron chi connectivity index (χ1n) is 4.71. The molecule has 1 heterocycles. The van der Waals surface area contributed by atoms with Crippen molar-refractivity contribution in [2.45, 2.75) is 4.90 Å². The maximum atomic E-state index is 11.6. The molecule has 0 fully saturated rings. The van der Waals surface area contributed by atoms with E-state index >= 15 is 0 Å². The second-order valence-corrected chi connectivity index (χ2v) is 4.63. The fourth-order valence-electron chi connectivity index (χ4n) is 1.21. The Hall–Kier alpha value is -1.19. The average Bonchev–Trinajstić information content (AvgIpc) is 2.79. The number of halogens is 1. The monoisotopic (exact) mass is 252 g/mol. The van der Waals surface area contributed by atoms with Crippen LogP contribution in [0.15, 0.2) is 52.0 Å². The van der Waals surface area contributed by atoms with E-state index in [4.69, 9.17) is 16.0 Å². The molecule has 0 aliphatic heterocycles. The Bertz CT molecular complexity index is 480. The van der Waals surface area contributed by atoms with Gasteiger partial charge in [-0.15, -0.1) is 11.8 Å². The van der Waals surface area contributed by atoms with Gasteiger partial charge >= 0.3 is 0 Å². The first-order valence-corrected chi connectivity index (χ1v) is 6.07. The number of carbonyl (C=O) groups excluding carboxylic acids is 1. The van der Waals surface area contributed by atoms with Gasteiger partial charge in [0.25, 0.3) is 0 Å². The molecule has 1 aromatic carbocycles. The van der Waals surface area contributed by atoms with Gasteiger partial charge in [-0.1, -0.05) is 17.7 Å². The van der Waals surface area contributed by atoms with Crippen molar-refractivity contribution in [2.75, 3.05) is 5.75 Å². The summed E-state index contributed by atoms with van der Waals surface area (Å²) in [6, 6.07) is 10.8. The van der Waals surface area contributed by atoms with Crippen molar-refractivity contribution in [1.29, 1.82) is 0 Å². The van der Waals surface area contributed by atoms with Crippen molar-refractivity contribution in [1.82, 2.24) is 0 Å². The zero-order valence-corrected chi connectivity index (χ0v) is 9.92. The van der Waals surface area contributed by atoms with Crippen molar-refractivity contribution in [3.63, 3.8) is 0 Å². The third-order valence-electron chi connectivity index (χ3n) is 1.96. The Labute approximate surface area is 103 Å². The maximum absolute atomic E-state index is 11.6. The van der Waals surface area contributed by atoms with Gasteiger partial charge < -0.3 is 4.42 Å². The van der Waals surface area contributed by atoms with E-state index in [1.165, 1.54) is 18.0 Å². The molecule has 4 heteroatoms. The van der Waals surface area contributed by atoms with Crippen LogP contribution >= 0.6 is 23.4 Å². The highest BCUT2D eigenvalue weighted by Gasteiger charge is 2.08. The van der Waals surface area contributed by atoms with E-state index in [2.05, 4.69) is 0 Å². The zero-order chi connectivity index (χ0) is 11.4. The third-order valence-corrected chi connectivity index (χ3v) is 3.19. The number of rotatable bonds is 4. The molecule has 0 aliphatic rings. The van der Waals surface area contributed by atoms with Crippen LogP contribution in [-0.2, 0) is 0 Å². The molecule has 0 radical (unpaired) electrons. The van der Waals surface area contributed by atoms with Gasteiger partial charge in [-0.2, -0.15) is 0 Å². The molecule has 0 saturated heterocycles. The van der Waals surface area contributed by atoms with Gasteiger partial charge in [-0.3, -0.25) is 4.79 Å². The van der Waals surface area contributed by atoms with Gasteiger partial charge in [0.05, 0.1) is 12.0 Å². The lowest BCUT2D eigenvalue weighted by atomic mass is 10.3. The molecule has 0 aliphatic carbocycles. The second-order valence-electron chi connectivity index (χ2n) is 3.15. The second kappa shape index (κ2) is 5.23. The summed E-state index contributed by atoms with van der Waals surface area (Å²) < 4.78 is 5.02. The lowest BCUT2D eigenvalue weighted by Gasteiger charge is -1.99. The van der Waals surface area contributed by atoms with Crippen LogP contribution in [0.1, 0.15) is 10.6 Å². The predicted molar refractivity (Wildman–Crippen MR) is 65.2 cm³/mol. The van der Waals surface area contributed by atoms with Crippen LogP contribution in [-0.4, -0.2) is 11.5 Å². The Morgan fingerprint density at radius 3 is 2.88 bits per heavy atom. The van der Waals surface area contributed by atoms with E-state index in [-0.39, 0.29) is 5.78 Å². The third kappa shape index (κ3) is 2.90. The lowest BCUT2D eigenvalue weighted by molar-refractivity contribution is 0.0992. The molecular formula is C12H9ClO2S. The fourth-order valence-corrected chi connectivity index (χ4v) is 2.29. The van der Waals surface area contributed by atoms with E-state index < -0.39 is 0 Å². The molecule has 0 bridgehead atoms. The summed E-state index contributed by atoms with van der Waals surface area (Å²) in [6.45, 7) is 0. The molecule has 0 N–H and O–H groups in total. The Balaban J connectivity index is 1.95. The molecular weight excluding hydrogens is 244 g/mol. The van der Waals surface area contributed by atoms with Crippen LogP contribution < -0.4 is 0 Å². The molecule has 0 unspecified atom stereocenters. The van der Waals surface area contributed by atoms with Gasteiger partial charge in [0.1, 0.15) is 0 Å². The summed E-state index contributed by atoms with van der Waals surface area (Å²) >= 11 is 7.29. The number of benzene rings is 1. The molecule has 0 spiro atoms. The fraction of sp³-hybridized carbons (Fsp3) is 0.0833. The Morgan fingerprint density at radius 2 is 2.19 bits per heavy atom. The van der Waals surface area contributed by atoms with Crippen LogP contribution in [0.5, 0.6) is 0 Å². The SMILES string of the molecule is O=C(CSc1cccc(Cl)c1)c1ccco1. The van der Waals surface area contributed by atoms with Crippen molar-refractivity contribution in [3.05, 3.63) is 53.4 Å². The van der Waals surface area contributed by atoms with Crippen molar-refractivity contribution < 1.29 is 9.21 Å². The summed E-state index contributed by atoms with van der Waals surface area (Å²) in [4.78, 5) is 12.6. The molecule has 0 amide bonds. The number of furan rings is 1. The highest BCUT2D eigenvalue weighted by molar-refractivity contribution is 8.00.